The number of H-pyrrole nitrogens is 2. The summed E-state index contributed by atoms with van der Waals surface area (Å²) in [6.07, 6.45) is 0. The lowest BCUT2D eigenvalue weighted by Crippen LogP contribution is -2.31. The van der Waals surface area contributed by atoms with E-state index in [0.29, 0.717) is 29.8 Å². The second-order valence-electron chi connectivity index (χ2n) is 6.64. The summed E-state index contributed by atoms with van der Waals surface area (Å²) in [5.41, 5.74) is 3.31. The highest BCUT2D eigenvalue weighted by molar-refractivity contribution is 5.96. The molecule has 9 heteroatoms. The largest absolute Gasteiger partial charge is 0.336 e. The third-order valence-corrected chi connectivity index (χ3v) is 4.66. The van der Waals surface area contributed by atoms with E-state index in [-0.39, 0.29) is 23.8 Å². The number of nitrogens with zero attached hydrogens (tertiary/aromatic N) is 1. The topological polar surface area (TPSA) is 122 Å². The number of carbonyl (C=O) groups is 2. The van der Waals surface area contributed by atoms with Gasteiger partial charge in [0.05, 0.1) is 17.1 Å². The van der Waals surface area contributed by atoms with Crippen molar-refractivity contribution in [3.8, 4) is 0 Å². The highest BCUT2D eigenvalue weighted by Gasteiger charge is 2.21. The maximum absolute atomic E-state index is 12.4. The Kier molecular flexibility index (Phi) is 4.48. The first-order valence-electron chi connectivity index (χ1n) is 8.94. The number of aromatic nitrogens is 2. The molecule has 1 fully saturated rings. The van der Waals surface area contributed by atoms with Crippen molar-refractivity contribution in [1.29, 1.82) is 0 Å². The molecule has 1 aromatic heterocycles. The molecule has 2 heterocycles. The summed E-state index contributed by atoms with van der Waals surface area (Å²) in [6, 6.07) is 11.8. The van der Waals surface area contributed by atoms with Crippen molar-refractivity contribution in [1.82, 2.24) is 20.6 Å². The molecular formula is C19H20N6O3. The molecule has 2 aromatic carbocycles. The summed E-state index contributed by atoms with van der Waals surface area (Å²) in [6.45, 7) is 3.05. The number of imidazole rings is 1. The van der Waals surface area contributed by atoms with Crippen molar-refractivity contribution >= 4 is 34.5 Å². The van der Waals surface area contributed by atoms with E-state index in [2.05, 4.69) is 25.9 Å². The summed E-state index contributed by atoms with van der Waals surface area (Å²) < 4.78 is 0. The number of benzene rings is 2. The normalized spacial score (nSPS) is 14.8. The smallest absolute Gasteiger partial charge is 0.323 e. The minimum atomic E-state index is -0.363. The Morgan fingerprint density at radius 2 is 1.93 bits per heavy atom. The van der Waals surface area contributed by atoms with Crippen LogP contribution in [-0.2, 0) is 0 Å². The number of urea groups is 2. The zero-order valence-corrected chi connectivity index (χ0v) is 15.2. The van der Waals surface area contributed by atoms with E-state index in [1.54, 1.807) is 29.2 Å². The lowest BCUT2D eigenvalue weighted by atomic mass is 10.1. The molecule has 0 radical (unpaired) electrons. The third-order valence-electron chi connectivity index (χ3n) is 4.66. The number of aromatic amines is 2. The van der Waals surface area contributed by atoms with Gasteiger partial charge in [-0.05, 0) is 42.8 Å². The average Bonchev–Trinajstić information content (AvgIpc) is 3.25. The predicted octanol–water partition coefficient (Wildman–Crippen LogP) is 2.27. The lowest BCUT2D eigenvalue weighted by Gasteiger charge is -2.17. The van der Waals surface area contributed by atoms with Gasteiger partial charge in [-0.25, -0.2) is 14.4 Å². The van der Waals surface area contributed by atoms with Gasteiger partial charge in [0.1, 0.15) is 0 Å². The van der Waals surface area contributed by atoms with E-state index in [4.69, 9.17) is 0 Å². The molecule has 4 rings (SSSR count). The number of fused-ring (bicyclic) bond motifs is 1. The molecule has 1 atom stereocenters. The summed E-state index contributed by atoms with van der Waals surface area (Å²) in [7, 11) is 0. The SMILES string of the molecule is CC(NC(=O)Nc1cccc(N2CCNC2=O)c1)c1ccc2[nH]c(=O)[nH]c2c1. The zero-order valence-electron chi connectivity index (χ0n) is 15.2. The first-order chi connectivity index (χ1) is 13.5. The van der Waals surface area contributed by atoms with Gasteiger partial charge in [-0.1, -0.05) is 12.1 Å². The van der Waals surface area contributed by atoms with E-state index in [1.807, 2.05) is 25.1 Å². The minimum Gasteiger partial charge on any atom is -0.336 e. The lowest BCUT2D eigenvalue weighted by molar-refractivity contribution is 0.249. The van der Waals surface area contributed by atoms with Crippen LogP contribution >= 0.6 is 0 Å². The van der Waals surface area contributed by atoms with Gasteiger partial charge in [0.2, 0.25) is 0 Å². The van der Waals surface area contributed by atoms with Crippen molar-refractivity contribution in [2.45, 2.75) is 13.0 Å². The van der Waals surface area contributed by atoms with Crippen LogP contribution in [0.2, 0.25) is 0 Å². The fourth-order valence-corrected chi connectivity index (χ4v) is 3.24. The number of amides is 4. The maximum Gasteiger partial charge on any atom is 0.323 e. The Morgan fingerprint density at radius 3 is 2.71 bits per heavy atom. The van der Waals surface area contributed by atoms with Gasteiger partial charge in [0.15, 0.2) is 0 Å². The number of hydrogen-bond acceptors (Lipinski definition) is 3. The molecule has 1 saturated heterocycles. The van der Waals surface area contributed by atoms with Crippen LogP contribution in [0.15, 0.2) is 47.3 Å². The first-order valence-corrected chi connectivity index (χ1v) is 8.94. The molecule has 3 aromatic rings. The molecule has 144 valence electrons. The van der Waals surface area contributed by atoms with E-state index in [0.717, 1.165) is 11.3 Å². The van der Waals surface area contributed by atoms with Crippen LogP contribution in [0.1, 0.15) is 18.5 Å². The summed E-state index contributed by atoms with van der Waals surface area (Å²) in [5, 5.41) is 8.41. The molecule has 0 bridgehead atoms. The number of rotatable bonds is 4. The molecule has 5 N–H and O–H groups in total. The predicted molar refractivity (Wildman–Crippen MR) is 107 cm³/mol. The summed E-state index contributed by atoms with van der Waals surface area (Å²) >= 11 is 0. The Bertz CT molecular complexity index is 1100. The van der Waals surface area contributed by atoms with Crippen LogP contribution in [0.4, 0.5) is 21.0 Å². The van der Waals surface area contributed by atoms with Crippen LogP contribution in [0.5, 0.6) is 0 Å². The van der Waals surface area contributed by atoms with Gasteiger partial charge >= 0.3 is 17.8 Å². The molecule has 4 amide bonds. The van der Waals surface area contributed by atoms with Crippen LogP contribution < -0.4 is 26.5 Å². The zero-order chi connectivity index (χ0) is 19.7. The van der Waals surface area contributed by atoms with Crippen LogP contribution in [0.25, 0.3) is 11.0 Å². The summed E-state index contributed by atoms with van der Waals surface area (Å²) in [4.78, 5) is 42.6. The molecule has 0 spiro atoms. The Labute approximate surface area is 160 Å². The second kappa shape index (κ2) is 7.10. The highest BCUT2D eigenvalue weighted by Crippen LogP contribution is 2.21. The monoisotopic (exact) mass is 380 g/mol. The molecule has 9 nitrogen and oxygen atoms in total. The molecule has 0 aliphatic carbocycles. The Hall–Kier alpha value is -3.75. The third kappa shape index (κ3) is 3.54. The van der Waals surface area contributed by atoms with Gasteiger partial charge < -0.3 is 25.9 Å². The van der Waals surface area contributed by atoms with Crippen molar-refractivity contribution in [2.24, 2.45) is 0 Å². The molecular weight excluding hydrogens is 360 g/mol. The Morgan fingerprint density at radius 1 is 1.11 bits per heavy atom. The maximum atomic E-state index is 12.4. The van der Waals surface area contributed by atoms with Gasteiger partial charge in [-0.15, -0.1) is 0 Å². The second-order valence-corrected chi connectivity index (χ2v) is 6.64. The standard InChI is InChI=1S/C19H20N6O3/c1-11(12-5-6-15-16(9-12)24-18(27)23-15)21-17(26)22-13-3-2-4-14(10-13)25-8-7-20-19(25)28/h2-6,9-11H,7-8H2,1H3,(H,20,28)(H2,21,22,26)(H2,23,24,27). The van der Waals surface area contributed by atoms with E-state index < -0.39 is 0 Å². The molecule has 1 aliphatic heterocycles. The molecule has 1 unspecified atom stereocenters. The number of hydrogen-bond donors (Lipinski definition) is 5. The summed E-state index contributed by atoms with van der Waals surface area (Å²) in [5.74, 6) is 0. The molecule has 0 saturated carbocycles. The van der Waals surface area contributed by atoms with Gasteiger partial charge in [0.25, 0.3) is 0 Å². The molecule has 28 heavy (non-hydrogen) atoms. The minimum absolute atomic E-state index is 0.145. The highest BCUT2D eigenvalue weighted by atomic mass is 16.2. The van der Waals surface area contributed by atoms with Gasteiger partial charge in [-0.3, -0.25) is 4.90 Å². The Balaban J connectivity index is 1.43. The van der Waals surface area contributed by atoms with Crippen LogP contribution in [0, 0.1) is 0 Å². The van der Waals surface area contributed by atoms with Gasteiger partial charge in [-0.2, -0.15) is 0 Å². The number of carbonyl (C=O) groups excluding carboxylic acids is 2. The number of anilines is 2. The van der Waals surface area contributed by atoms with E-state index >= 15 is 0 Å². The number of nitrogens with one attached hydrogen (secondary N) is 5. The quantitative estimate of drug-likeness (QED) is 0.477. The van der Waals surface area contributed by atoms with Crippen molar-refractivity contribution < 1.29 is 9.59 Å². The van der Waals surface area contributed by atoms with E-state index in [1.165, 1.54) is 0 Å². The first kappa shape index (κ1) is 17.7. The fourth-order valence-electron chi connectivity index (χ4n) is 3.24. The van der Waals surface area contributed by atoms with Crippen LogP contribution in [-0.4, -0.2) is 35.1 Å². The van der Waals surface area contributed by atoms with Gasteiger partial charge in [0, 0.05) is 24.5 Å². The van der Waals surface area contributed by atoms with E-state index in [9.17, 15) is 14.4 Å². The van der Waals surface area contributed by atoms with Crippen molar-refractivity contribution in [2.75, 3.05) is 23.3 Å². The molecule has 1 aliphatic rings. The fraction of sp³-hybridized carbons (Fsp3) is 0.211. The van der Waals surface area contributed by atoms with Crippen LogP contribution in [0.3, 0.4) is 0 Å². The van der Waals surface area contributed by atoms with Crippen molar-refractivity contribution in [3.63, 3.8) is 0 Å². The van der Waals surface area contributed by atoms with Crippen molar-refractivity contribution in [3.05, 3.63) is 58.5 Å². The average molecular weight is 380 g/mol.